The summed E-state index contributed by atoms with van der Waals surface area (Å²) in [5.41, 5.74) is 2.00. The minimum atomic E-state index is 0.139. The van der Waals surface area contributed by atoms with Gasteiger partial charge in [0.25, 0.3) is 0 Å². The van der Waals surface area contributed by atoms with Gasteiger partial charge in [-0.2, -0.15) is 0 Å². The highest BCUT2D eigenvalue weighted by Gasteiger charge is 2.27. The van der Waals surface area contributed by atoms with Crippen LogP contribution in [0.25, 0.3) is 0 Å². The molecule has 3 nitrogen and oxygen atoms in total. The number of anilines is 2. The summed E-state index contributed by atoms with van der Waals surface area (Å²) in [6.45, 7) is 4.56. The predicted molar refractivity (Wildman–Crippen MR) is 69.9 cm³/mol. The highest BCUT2D eigenvalue weighted by Crippen LogP contribution is 2.33. The van der Waals surface area contributed by atoms with Gasteiger partial charge in [0.05, 0.1) is 17.9 Å². The molecule has 1 amide bonds. The lowest BCUT2D eigenvalue weighted by Crippen LogP contribution is -2.45. The molecule has 0 saturated heterocycles. The van der Waals surface area contributed by atoms with Gasteiger partial charge in [-0.3, -0.25) is 4.79 Å². The van der Waals surface area contributed by atoms with Crippen molar-refractivity contribution in [1.29, 1.82) is 0 Å². The number of fused-ring (bicyclic) bond motifs is 1. The average molecular weight is 283 g/mol. The van der Waals surface area contributed by atoms with Crippen molar-refractivity contribution >= 4 is 33.2 Å². The van der Waals surface area contributed by atoms with Crippen molar-refractivity contribution in [1.82, 2.24) is 0 Å². The standard InChI is InChI=1S/C12H15BrN2O/c1-3-8(2)15-11-6-9(13)4-5-10(11)14-7-12(15)16/h4-6,8,14H,3,7H2,1-2H3. The smallest absolute Gasteiger partial charge is 0.246 e. The van der Waals surface area contributed by atoms with Crippen molar-refractivity contribution in [2.75, 3.05) is 16.8 Å². The second kappa shape index (κ2) is 4.45. The van der Waals surface area contributed by atoms with Gasteiger partial charge in [-0.15, -0.1) is 0 Å². The molecule has 1 aliphatic rings. The van der Waals surface area contributed by atoms with E-state index < -0.39 is 0 Å². The first-order valence-corrected chi connectivity index (χ1v) is 6.28. The quantitative estimate of drug-likeness (QED) is 0.905. The number of hydrogen-bond donors (Lipinski definition) is 1. The molecule has 1 unspecified atom stereocenters. The first kappa shape index (κ1) is 11.5. The zero-order valence-corrected chi connectivity index (χ0v) is 11.0. The van der Waals surface area contributed by atoms with Gasteiger partial charge in [0.1, 0.15) is 0 Å². The monoisotopic (exact) mass is 282 g/mol. The van der Waals surface area contributed by atoms with Crippen LogP contribution >= 0.6 is 15.9 Å². The van der Waals surface area contributed by atoms with Gasteiger partial charge in [0, 0.05) is 10.5 Å². The van der Waals surface area contributed by atoms with Gasteiger partial charge in [-0.1, -0.05) is 22.9 Å². The predicted octanol–water partition coefficient (Wildman–Crippen LogP) is 3.01. The van der Waals surface area contributed by atoms with E-state index in [2.05, 4.69) is 35.1 Å². The molecule has 1 N–H and O–H groups in total. The van der Waals surface area contributed by atoms with E-state index in [4.69, 9.17) is 0 Å². The maximum absolute atomic E-state index is 11.9. The Kier molecular flexibility index (Phi) is 3.19. The summed E-state index contributed by atoms with van der Waals surface area (Å²) < 4.78 is 0.996. The van der Waals surface area contributed by atoms with Crippen molar-refractivity contribution in [2.24, 2.45) is 0 Å². The van der Waals surface area contributed by atoms with Crippen LogP contribution in [0.5, 0.6) is 0 Å². The molecular weight excluding hydrogens is 268 g/mol. The summed E-state index contributed by atoms with van der Waals surface area (Å²) in [7, 11) is 0. The number of rotatable bonds is 2. The lowest BCUT2D eigenvalue weighted by Gasteiger charge is -2.34. The molecule has 1 aromatic carbocycles. The van der Waals surface area contributed by atoms with Crippen molar-refractivity contribution in [3.63, 3.8) is 0 Å². The summed E-state index contributed by atoms with van der Waals surface area (Å²) >= 11 is 3.44. The van der Waals surface area contributed by atoms with Crippen LogP contribution in [0, 0.1) is 0 Å². The van der Waals surface area contributed by atoms with Crippen LogP contribution in [0.2, 0.25) is 0 Å². The normalized spacial score (nSPS) is 16.7. The van der Waals surface area contributed by atoms with Crippen molar-refractivity contribution in [3.8, 4) is 0 Å². The average Bonchev–Trinajstić information content (AvgIpc) is 2.28. The fourth-order valence-corrected chi connectivity index (χ4v) is 2.26. The molecule has 0 bridgehead atoms. The fourth-order valence-electron chi connectivity index (χ4n) is 1.91. The third kappa shape index (κ3) is 1.94. The number of amides is 1. The van der Waals surface area contributed by atoms with E-state index in [1.807, 2.05) is 23.1 Å². The van der Waals surface area contributed by atoms with E-state index in [-0.39, 0.29) is 11.9 Å². The Morgan fingerprint density at radius 2 is 2.31 bits per heavy atom. The second-order valence-electron chi connectivity index (χ2n) is 4.04. The summed E-state index contributed by atoms with van der Waals surface area (Å²) in [5, 5.41) is 3.14. The van der Waals surface area contributed by atoms with Gasteiger partial charge in [0.15, 0.2) is 0 Å². The fraction of sp³-hybridized carbons (Fsp3) is 0.417. The highest BCUT2D eigenvalue weighted by atomic mass is 79.9. The van der Waals surface area contributed by atoms with Crippen molar-refractivity contribution < 1.29 is 4.79 Å². The number of nitrogens with one attached hydrogen (secondary N) is 1. The molecule has 4 heteroatoms. The Hall–Kier alpha value is -1.03. The molecule has 86 valence electrons. The Morgan fingerprint density at radius 3 is 3.00 bits per heavy atom. The van der Waals surface area contributed by atoms with Gasteiger partial charge in [0.2, 0.25) is 5.91 Å². The van der Waals surface area contributed by atoms with E-state index in [1.165, 1.54) is 0 Å². The molecule has 0 fully saturated rings. The van der Waals surface area contributed by atoms with Crippen LogP contribution in [0.4, 0.5) is 11.4 Å². The van der Waals surface area contributed by atoms with E-state index in [0.29, 0.717) is 6.54 Å². The van der Waals surface area contributed by atoms with Crippen molar-refractivity contribution in [2.45, 2.75) is 26.3 Å². The molecule has 1 aromatic rings. The van der Waals surface area contributed by atoms with Crippen LogP contribution in [0.1, 0.15) is 20.3 Å². The minimum Gasteiger partial charge on any atom is -0.374 e. The largest absolute Gasteiger partial charge is 0.374 e. The van der Waals surface area contributed by atoms with E-state index in [9.17, 15) is 4.79 Å². The van der Waals surface area contributed by atoms with Crippen molar-refractivity contribution in [3.05, 3.63) is 22.7 Å². The Morgan fingerprint density at radius 1 is 1.56 bits per heavy atom. The molecule has 0 spiro atoms. The lowest BCUT2D eigenvalue weighted by atomic mass is 10.1. The number of nitrogens with zero attached hydrogens (tertiary/aromatic N) is 1. The first-order valence-electron chi connectivity index (χ1n) is 5.49. The Balaban J connectivity index is 2.46. The number of hydrogen-bond acceptors (Lipinski definition) is 2. The third-order valence-electron chi connectivity index (χ3n) is 2.95. The molecule has 1 heterocycles. The molecule has 16 heavy (non-hydrogen) atoms. The molecule has 1 aliphatic heterocycles. The van der Waals surface area contributed by atoms with Crippen LogP contribution in [0.15, 0.2) is 22.7 Å². The maximum atomic E-state index is 11.9. The number of halogens is 1. The number of carbonyl (C=O) groups excluding carboxylic acids is 1. The van der Waals surface area contributed by atoms with Gasteiger partial charge < -0.3 is 10.2 Å². The lowest BCUT2D eigenvalue weighted by molar-refractivity contribution is -0.117. The van der Waals surface area contributed by atoms with E-state index >= 15 is 0 Å². The van der Waals surface area contributed by atoms with Crippen LogP contribution in [0.3, 0.4) is 0 Å². The van der Waals surface area contributed by atoms with E-state index in [0.717, 1.165) is 22.3 Å². The number of carbonyl (C=O) groups is 1. The third-order valence-corrected chi connectivity index (χ3v) is 3.44. The SMILES string of the molecule is CCC(C)N1C(=O)CNc2ccc(Br)cc21. The first-order chi connectivity index (χ1) is 7.63. The zero-order valence-electron chi connectivity index (χ0n) is 9.46. The molecule has 1 atom stereocenters. The molecular formula is C12H15BrN2O. The molecule has 0 radical (unpaired) electrons. The molecule has 0 aromatic heterocycles. The van der Waals surface area contributed by atoms with Gasteiger partial charge >= 0.3 is 0 Å². The zero-order chi connectivity index (χ0) is 11.7. The maximum Gasteiger partial charge on any atom is 0.246 e. The summed E-state index contributed by atoms with van der Waals surface area (Å²) in [6, 6.07) is 6.21. The minimum absolute atomic E-state index is 0.139. The molecule has 2 rings (SSSR count). The Bertz CT molecular complexity index is 419. The number of benzene rings is 1. The second-order valence-corrected chi connectivity index (χ2v) is 4.95. The summed E-state index contributed by atoms with van der Waals surface area (Å²) in [4.78, 5) is 13.8. The van der Waals surface area contributed by atoms with Crippen LogP contribution < -0.4 is 10.2 Å². The van der Waals surface area contributed by atoms with E-state index in [1.54, 1.807) is 0 Å². The van der Waals surface area contributed by atoms with Gasteiger partial charge in [-0.05, 0) is 31.5 Å². The van der Waals surface area contributed by atoms with Crippen LogP contribution in [-0.4, -0.2) is 18.5 Å². The van der Waals surface area contributed by atoms with Gasteiger partial charge in [-0.25, -0.2) is 0 Å². The van der Waals surface area contributed by atoms with Crippen LogP contribution in [-0.2, 0) is 4.79 Å². The summed E-state index contributed by atoms with van der Waals surface area (Å²) in [5.74, 6) is 0.139. The summed E-state index contributed by atoms with van der Waals surface area (Å²) in [6.07, 6.45) is 0.956. The topological polar surface area (TPSA) is 32.3 Å². The highest BCUT2D eigenvalue weighted by molar-refractivity contribution is 9.10. The molecule has 0 aliphatic carbocycles. The molecule has 0 saturated carbocycles. The Labute approximate surface area is 104 Å².